The van der Waals surface area contributed by atoms with Gasteiger partial charge in [-0.15, -0.1) is 0 Å². The summed E-state index contributed by atoms with van der Waals surface area (Å²) >= 11 is 0. The molecular weight excluding hydrogens is 424 g/mol. The normalized spacial score (nSPS) is 11.2. The number of fused-ring (bicyclic) bond motifs is 1. The average Bonchev–Trinajstić information content (AvgIpc) is 2.71. The molecule has 2 amide bonds. The minimum atomic E-state index is -1.18. The number of H-pyrrole nitrogens is 1. The van der Waals surface area contributed by atoms with E-state index >= 15 is 0 Å². The molecule has 0 aliphatic carbocycles. The number of carbonyl (C=O) groups excluding carboxylic acids is 2. The van der Waals surface area contributed by atoms with E-state index in [0.29, 0.717) is 18.2 Å². The Balaban J connectivity index is 2.24. The lowest BCUT2D eigenvalue weighted by Gasteiger charge is -2.15. The second-order valence-electron chi connectivity index (χ2n) is 7.49. The molecule has 0 unspecified atom stereocenters. The van der Waals surface area contributed by atoms with E-state index in [0.717, 1.165) is 6.07 Å². The van der Waals surface area contributed by atoms with Gasteiger partial charge in [0.2, 0.25) is 0 Å². The molecule has 11 heteroatoms. The Hall–Kier alpha value is -3.89. The summed E-state index contributed by atoms with van der Waals surface area (Å²) < 4.78 is 29.3. The van der Waals surface area contributed by atoms with Crippen LogP contribution in [0.1, 0.15) is 59.5 Å². The molecule has 0 fully saturated rings. The summed E-state index contributed by atoms with van der Waals surface area (Å²) in [6.45, 7) is 5.70. The molecule has 0 spiro atoms. The first-order valence-corrected chi connectivity index (χ1v) is 9.83. The van der Waals surface area contributed by atoms with Crippen molar-refractivity contribution in [3.05, 3.63) is 67.5 Å². The van der Waals surface area contributed by atoms with Gasteiger partial charge in [0.15, 0.2) is 5.65 Å². The van der Waals surface area contributed by atoms with Gasteiger partial charge < -0.3 is 11.1 Å². The fourth-order valence-electron chi connectivity index (χ4n) is 3.22. The lowest BCUT2D eigenvalue weighted by Crippen LogP contribution is -2.32. The predicted octanol–water partition coefficient (Wildman–Crippen LogP) is 2.25. The van der Waals surface area contributed by atoms with Crippen LogP contribution in [0.15, 0.2) is 27.8 Å². The zero-order valence-corrected chi connectivity index (χ0v) is 17.6. The Morgan fingerprint density at radius 2 is 1.84 bits per heavy atom. The minimum Gasteiger partial charge on any atom is -0.366 e. The van der Waals surface area contributed by atoms with Crippen LogP contribution in [0.5, 0.6) is 0 Å². The Kier molecular flexibility index (Phi) is 6.19. The van der Waals surface area contributed by atoms with Crippen LogP contribution in [0.3, 0.4) is 0 Å². The van der Waals surface area contributed by atoms with Crippen LogP contribution in [-0.2, 0) is 6.54 Å². The minimum absolute atomic E-state index is 0.0225. The highest BCUT2D eigenvalue weighted by molar-refractivity contribution is 6.12. The summed E-state index contributed by atoms with van der Waals surface area (Å²) in [5.74, 6) is -4.54. The van der Waals surface area contributed by atoms with Crippen LogP contribution in [0.2, 0.25) is 0 Å². The van der Waals surface area contributed by atoms with Crippen LogP contribution >= 0.6 is 0 Å². The molecule has 0 saturated carbocycles. The smallest absolute Gasteiger partial charge is 0.329 e. The van der Waals surface area contributed by atoms with Crippen LogP contribution in [0.4, 0.5) is 14.5 Å². The fourth-order valence-corrected chi connectivity index (χ4v) is 3.22. The quantitative estimate of drug-likeness (QED) is 0.534. The van der Waals surface area contributed by atoms with E-state index in [1.54, 1.807) is 0 Å². The molecule has 3 aromatic rings. The van der Waals surface area contributed by atoms with Gasteiger partial charge in [-0.25, -0.2) is 18.6 Å². The van der Waals surface area contributed by atoms with E-state index in [1.165, 1.54) is 10.6 Å². The lowest BCUT2D eigenvalue weighted by molar-refractivity contribution is 0.0992. The molecule has 0 aliphatic heterocycles. The molecule has 0 aliphatic rings. The highest BCUT2D eigenvalue weighted by Gasteiger charge is 2.22. The number of hydrogen-bond acceptors (Lipinski definition) is 5. The van der Waals surface area contributed by atoms with Crippen molar-refractivity contribution < 1.29 is 18.4 Å². The van der Waals surface area contributed by atoms with E-state index in [1.807, 2.05) is 20.8 Å². The maximum atomic E-state index is 14.3. The fraction of sp³-hybridized carbons (Fsp3) is 0.286. The molecule has 32 heavy (non-hydrogen) atoms. The third-order valence-electron chi connectivity index (χ3n) is 4.82. The Bertz CT molecular complexity index is 1360. The van der Waals surface area contributed by atoms with E-state index in [9.17, 15) is 28.0 Å². The number of anilines is 1. The molecule has 0 bridgehead atoms. The molecule has 0 saturated heterocycles. The van der Waals surface area contributed by atoms with Crippen molar-refractivity contribution in [3.8, 4) is 0 Å². The summed E-state index contributed by atoms with van der Waals surface area (Å²) in [6, 6.07) is 2.56. The Morgan fingerprint density at radius 3 is 2.44 bits per heavy atom. The SMILES string of the molecule is CCCn1c(=O)[nH]c(=O)c2c(C(=O)Nc3cc(C(N)=O)c(F)cc3F)cc(C(C)C)nc21. The number of nitrogens with two attached hydrogens (primary N) is 1. The number of aromatic nitrogens is 3. The summed E-state index contributed by atoms with van der Waals surface area (Å²) in [6.07, 6.45) is 0.562. The molecule has 2 aromatic heterocycles. The largest absolute Gasteiger partial charge is 0.366 e. The first-order valence-electron chi connectivity index (χ1n) is 9.83. The standard InChI is InChI=1S/C21H21F2N5O4/c1-4-5-28-18-16(20(31)27-21(28)32)11(7-14(25-18)9(2)3)19(30)26-15-6-10(17(24)29)12(22)8-13(15)23/h6-9H,4-5H2,1-3H3,(H2,24,29)(H,26,30)(H,27,31,32). The van der Waals surface area contributed by atoms with Gasteiger partial charge in [0, 0.05) is 18.3 Å². The summed E-state index contributed by atoms with van der Waals surface area (Å²) in [4.78, 5) is 55.9. The van der Waals surface area contributed by atoms with Crippen LogP contribution in [0, 0.1) is 11.6 Å². The first kappa shape index (κ1) is 22.8. The lowest BCUT2D eigenvalue weighted by atomic mass is 10.0. The van der Waals surface area contributed by atoms with Crippen molar-refractivity contribution in [1.82, 2.24) is 14.5 Å². The monoisotopic (exact) mass is 445 g/mol. The maximum absolute atomic E-state index is 14.3. The number of carbonyl (C=O) groups is 2. The van der Waals surface area contributed by atoms with E-state index in [4.69, 9.17) is 5.73 Å². The second kappa shape index (κ2) is 8.69. The number of hydrogen-bond donors (Lipinski definition) is 3. The molecule has 1 aromatic carbocycles. The Morgan fingerprint density at radius 1 is 1.16 bits per heavy atom. The van der Waals surface area contributed by atoms with Gasteiger partial charge in [0.25, 0.3) is 17.4 Å². The summed E-state index contributed by atoms with van der Waals surface area (Å²) in [5.41, 5.74) is 2.76. The van der Waals surface area contributed by atoms with Gasteiger partial charge in [-0.2, -0.15) is 0 Å². The second-order valence-corrected chi connectivity index (χ2v) is 7.49. The van der Waals surface area contributed by atoms with Crippen LogP contribution in [-0.4, -0.2) is 26.3 Å². The zero-order chi connectivity index (χ0) is 23.7. The van der Waals surface area contributed by atoms with Gasteiger partial charge in [0.1, 0.15) is 11.6 Å². The number of rotatable bonds is 6. The number of aromatic amines is 1. The number of amides is 2. The number of halogens is 2. The predicted molar refractivity (Wildman–Crippen MR) is 114 cm³/mol. The Labute approximate surface area is 180 Å². The van der Waals surface area contributed by atoms with Crippen molar-refractivity contribution in [3.63, 3.8) is 0 Å². The molecule has 0 atom stereocenters. The van der Waals surface area contributed by atoms with Gasteiger partial charge >= 0.3 is 5.69 Å². The molecule has 4 N–H and O–H groups in total. The third-order valence-corrected chi connectivity index (χ3v) is 4.82. The number of pyridine rings is 1. The van der Waals surface area contributed by atoms with Crippen molar-refractivity contribution in [2.75, 3.05) is 5.32 Å². The van der Waals surface area contributed by atoms with Crippen molar-refractivity contribution in [2.45, 2.75) is 39.7 Å². The van der Waals surface area contributed by atoms with Gasteiger partial charge in [-0.1, -0.05) is 20.8 Å². The highest BCUT2D eigenvalue weighted by atomic mass is 19.1. The topological polar surface area (TPSA) is 140 Å². The number of nitrogens with zero attached hydrogens (tertiary/aromatic N) is 2. The third kappa shape index (κ3) is 4.13. The van der Waals surface area contributed by atoms with Crippen molar-refractivity contribution in [1.29, 1.82) is 0 Å². The average molecular weight is 445 g/mol. The molecule has 2 heterocycles. The first-order chi connectivity index (χ1) is 15.0. The van der Waals surface area contributed by atoms with Gasteiger partial charge in [0.05, 0.1) is 22.2 Å². The van der Waals surface area contributed by atoms with Gasteiger partial charge in [-0.05, 0) is 24.5 Å². The summed E-state index contributed by atoms with van der Waals surface area (Å²) in [5, 5.41) is 2.09. The zero-order valence-electron chi connectivity index (χ0n) is 17.6. The highest BCUT2D eigenvalue weighted by Crippen LogP contribution is 2.23. The van der Waals surface area contributed by atoms with Gasteiger partial charge in [-0.3, -0.25) is 23.9 Å². The van der Waals surface area contributed by atoms with Crippen molar-refractivity contribution in [2.24, 2.45) is 5.73 Å². The molecular formula is C21H21F2N5O4. The molecule has 3 rings (SSSR count). The number of aryl methyl sites for hydroxylation is 1. The number of benzene rings is 1. The molecule has 0 radical (unpaired) electrons. The number of primary amides is 1. The van der Waals surface area contributed by atoms with E-state index < -0.39 is 45.9 Å². The van der Waals surface area contributed by atoms with Crippen LogP contribution in [0.25, 0.3) is 11.0 Å². The van der Waals surface area contributed by atoms with Crippen LogP contribution < -0.4 is 22.3 Å². The molecule has 9 nitrogen and oxygen atoms in total. The molecule has 168 valence electrons. The maximum Gasteiger partial charge on any atom is 0.329 e. The summed E-state index contributed by atoms with van der Waals surface area (Å²) in [7, 11) is 0. The van der Waals surface area contributed by atoms with Crippen molar-refractivity contribution >= 4 is 28.5 Å². The van der Waals surface area contributed by atoms with E-state index in [2.05, 4.69) is 15.3 Å². The van der Waals surface area contributed by atoms with E-state index in [-0.39, 0.29) is 29.1 Å². The number of nitrogens with one attached hydrogen (secondary N) is 2.